The number of rotatable bonds is 1. The molecular formula is C7H8N4O. The van der Waals surface area contributed by atoms with Gasteiger partial charge in [0.15, 0.2) is 12.5 Å². The second-order valence-electron chi connectivity index (χ2n) is 2.37. The van der Waals surface area contributed by atoms with Crippen molar-refractivity contribution in [1.82, 2.24) is 19.3 Å². The molecule has 12 heavy (non-hydrogen) atoms. The van der Waals surface area contributed by atoms with E-state index in [2.05, 4.69) is 9.97 Å². The van der Waals surface area contributed by atoms with Crippen molar-refractivity contribution in [3.63, 3.8) is 0 Å². The maximum atomic E-state index is 9.90. The molecule has 0 saturated heterocycles. The number of hydrogen-bond donors (Lipinski definition) is 1. The quantitative estimate of drug-likeness (QED) is 0.614. The van der Waals surface area contributed by atoms with Gasteiger partial charge < -0.3 is 4.98 Å². The molecule has 0 aliphatic carbocycles. The highest BCUT2D eigenvalue weighted by molar-refractivity contribution is 5.59. The predicted octanol–water partition coefficient (Wildman–Crippen LogP) is 0.259. The van der Waals surface area contributed by atoms with Crippen molar-refractivity contribution >= 4 is 6.29 Å². The third kappa shape index (κ3) is 1.05. The lowest BCUT2D eigenvalue weighted by molar-refractivity contribution is -0.108. The SMILES string of the molecule is O=CC1n2ccn21.c1c[nH]cn1. The largest absolute Gasteiger partial charge is 0.351 e. The monoisotopic (exact) mass is 164 g/mol. The Bertz CT molecular complexity index is 310. The first-order chi connectivity index (χ1) is 5.93. The topological polar surface area (TPSA) is 55.6 Å². The van der Waals surface area contributed by atoms with E-state index in [0.29, 0.717) is 0 Å². The lowest BCUT2D eigenvalue weighted by Gasteiger charge is -1.75. The fraction of sp³-hybridized carbons (Fsp3) is 0.143. The number of H-pyrrole nitrogens is 1. The first-order valence-electron chi connectivity index (χ1n) is 3.56. The Balaban J connectivity index is 0.000000100. The summed E-state index contributed by atoms with van der Waals surface area (Å²) < 4.78 is 3.71. The zero-order valence-electron chi connectivity index (χ0n) is 6.29. The molecule has 0 atom stereocenters. The lowest BCUT2D eigenvalue weighted by Crippen LogP contribution is -1.75. The van der Waals surface area contributed by atoms with Crippen molar-refractivity contribution < 1.29 is 4.79 Å². The van der Waals surface area contributed by atoms with Gasteiger partial charge in [0.25, 0.3) is 0 Å². The van der Waals surface area contributed by atoms with Crippen molar-refractivity contribution in [2.24, 2.45) is 0 Å². The zero-order valence-corrected chi connectivity index (χ0v) is 6.29. The van der Waals surface area contributed by atoms with Gasteiger partial charge in [0.05, 0.1) is 6.33 Å². The van der Waals surface area contributed by atoms with Crippen LogP contribution in [-0.4, -0.2) is 25.6 Å². The van der Waals surface area contributed by atoms with Crippen LogP contribution in [0, 0.1) is 0 Å². The molecule has 0 aromatic carbocycles. The molecule has 62 valence electrons. The van der Waals surface area contributed by atoms with Crippen LogP contribution in [0.1, 0.15) is 6.17 Å². The van der Waals surface area contributed by atoms with E-state index >= 15 is 0 Å². The molecule has 0 amide bonds. The molecule has 3 heterocycles. The third-order valence-corrected chi connectivity index (χ3v) is 1.65. The summed E-state index contributed by atoms with van der Waals surface area (Å²) >= 11 is 0. The van der Waals surface area contributed by atoms with E-state index in [-0.39, 0.29) is 6.17 Å². The second kappa shape index (κ2) is 2.69. The highest BCUT2D eigenvalue weighted by atomic mass is 16.1. The Morgan fingerprint density at radius 3 is 2.33 bits per heavy atom. The van der Waals surface area contributed by atoms with Crippen molar-refractivity contribution in [3.05, 3.63) is 31.1 Å². The van der Waals surface area contributed by atoms with Crippen LogP contribution in [0.4, 0.5) is 0 Å². The minimum Gasteiger partial charge on any atom is -0.351 e. The zero-order chi connectivity index (χ0) is 8.39. The van der Waals surface area contributed by atoms with Crippen LogP contribution < -0.4 is 0 Å². The number of nitrogens with one attached hydrogen (secondary N) is 1. The fourth-order valence-corrected chi connectivity index (χ4v) is 0.950. The van der Waals surface area contributed by atoms with Crippen molar-refractivity contribution in [2.75, 3.05) is 0 Å². The van der Waals surface area contributed by atoms with Crippen molar-refractivity contribution in [1.29, 1.82) is 0 Å². The summed E-state index contributed by atoms with van der Waals surface area (Å²) in [6.45, 7) is 0. The Morgan fingerprint density at radius 2 is 2.17 bits per heavy atom. The van der Waals surface area contributed by atoms with E-state index in [4.69, 9.17) is 0 Å². The van der Waals surface area contributed by atoms with Crippen LogP contribution >= 0.6 is 0 Å². The van der Waals surface area contributed by atoms with Crippen LogP contribution in [0.15, 0.2) is 31.1 Å². The summed E-state index contributed by atoms with van der Waals surface area (Å²) in [4.78, 5) is 16.3. The molecule has 0 bridgehead atoms. The fourth-order valence-electron chi connectivity index (χ4n) is 0.950. The van der Waals surface area contributed by atoms with Crippen LogP contribution in [-0.2, 0) is 4.79 Å². The van der Waals surface area contributed by atoms with Gasteiger partial charge in [0, 0.05) is 24.8 Å². The molecular weight excluding hydrogens is 156 g/mol. The molecule has 5 nitrogen and oxygen atoms in total. The molecule has 0 radical (unpaired) electrons. The Morgan fingerprint density at radius 1 is 1.42 bits per heavy atom. The maximum absolute atomic E-state index is 9.90. The van der Waals surface area contributed by atoms with Gasteiger partial charge in [-0.2, -0.15) is 0 Å². The van der Waals surface area contributed by atoms with Crippen LogP contribution in [0.3, 0.4) is 0 Å². The summed E-state index contributed by atoms with van der Waals surface area (Å²) in [5.74, 6) is 0. The lowest BCUT2D eigenvalue weighted by atomic mass is 10.7. The molecule has 0 unspecified atom stereocenters. The number of carbonyl (C=O) groups excluding carboxylic acids is 1. The number of imidazole rings is 1. The van der Waals surface area contributed by atoms with E-state index in [1.807, 2.05) is 21.8 Å². The summed E-state index contributed by atoms with van der Waals surface area (Å²) in [5, 5.41) is 0. The van der Waals surface area contributed by atoms with Gasteiger partial charge in [-0.15, -0.1) is 0 Å². The van der Waals surface area contributed by atoms with Gasteiger partial charge >= 0.3 is 0 Å². The van der Waals surface area contributed by atoms with Crippen LogP contribution in [0.2, 0.25) is 0 Å². The molecule has 2 aromatic rings. The minimum absolute atomic E-state index is 0.0556. The standard InChI is InChI=1S/C4H4N2O.C3H4N2/c7-3-4-5-1-2-6(4)5;1-2-5-3-4-1/h1-4H;1-3H,(H,4,5). The molecule has 1 aliphatic heterocycles. The van der Waals surface area contributed by atoms with Crippen molar-refractivity contribution in [2.45, 2.75) is 6.17 Å². The average Bonchev–Trinajstić information content (AvgIpc) is 2.55. The third-order valence-electron chi connectivity index (χ3n) is 1.65. The molecule has 0 saturated carbocycles. The maximum Gasteiger partial charge on any atom is 0.194 e. The normalized spacial score (nSPS) is 13.0. The molecule has 0 spiro atoms. The van der Waals surface area contributed by atoms with E-state index in [1.165, 1.54) is 0 Å². The number of fused-ring (bicyclic) bond motifs is 1. The van der Waals surface area contributed by atoms with E-state index in [0.717, 1.165) is 6.29 Å². The number of aldehydes is 1. The second-order valence-corrected chi connectivity index (χ2v) is 2.37. The van der Waals surface area contributed by atoms with E-state index in [9.17, 15) is 4.79 Å². The number of aromatic amines is 1. The molecule has 5 heteroatoms. The Kier molecular flexibility index (Phi) is 1.55. The summed E-state index contributed by atoms with van der Waals surface area (Å²) in [6.07, 6.45) is 9.80. The van der Waals surface area contributed by atoms with Crippen LogP contribution in [0.25, 0.3) is 0 Å². The molecule has 0 fully saturated rings. The first kappa shape index (κ1) is 6.90. The number of hydrogen-bond acceptors (Lipinski definition) is 2. The van der Waals surface area contributed by atoms with Crippen molar-refractivity contribution in [3.8, 4) is 0 Å². The van der Waals surface area contributed by atoms with Gasteiger partial charge in [0.2, 0.25) is 0 Å². The van der Waals surface area contributed by atoms with Gasteiger partial charge in [-0.25, -0.2) is 4.98 Å². The number of aromatic nitrogens is 4. The Hall–Kier alpha value is -1.78. The smallest absolute Gasteiger partial charge is 0.194 e. The molecule has 3 rings (SSSR count). The first-order valence-corrected chi connectivity index (χ1v) is 3.56. The van der Waals surface area contributed by atoms with Gasteiger partial charge in [-0.1, -0.05) is 0 Å². The van der Waals surface area contributed by atoms with Gasteiger partial charge in [0.1, 0.15) is 0 Å². The van der Waals surface area contributed by atoms with E-state index < -0.39 is 0 Å². The van der Waals surface area contributed by atoms with Crippen LogP contribution in [0.5, 0.6) is 0 Å². The number of nitrogens with zero attached hydrogens (tertiary/aromatic N) is 3. The highest BCUT2D eigenvalue weighted by Gasteiger charge is 2.29. The summed E-state index contributed by atoms with van der Waals surface area (Å²) in [6, 6.07) is 0. The molecule has 1 N–H and O–H groups in total. The molecule has 1 aliphatic rings. The summed E-state index contributed by atoms with van der Waals surface area (Å²) in [5.41, 5.74) is 0. The highest BCUT2D eigenvalue weighted by Crippen LogP contribution is 2.23. The van der Waals surface area contributed by atoms with Gasteiger partial charge in [-0.3, -0.25) is 14.2 Å². The number of carbonyl (C=O) groups is 1. The minimum atomic E-state index is 0.0556. The molecule has 2 aromatic heterocycles. The average molecular weight is 164 g/mol. The van der Waals surface area contributed by atoms with E-state index in [1.54, 1.807) is 18.7 Å². The summed E-state index contributed by atoms with van der Waals surface area (Å²) in [7, 11) is 0. The Labute approximate surface area is 68.6 Å². The van der Waals surface area contributed by atoms with Gasteiger partial charge in [-0.05, 0) is 0 Å². The predicted molar refractivity (Wildman–Crippen MR) is 41.5 cm³/mol.